The van der Waals surface area contributed by atoms with Crippen LogP contribution in [-0.2, 0) is 32.7 Å². The Balaban J connectivity index is 0.00000121. The monoisotopic (exact) mass is 234 g/mol. The van der Waals surface area contributed by atoms with Crippen molar-refractivity contribution in [1.82, 2.24) is 4.98 Å². The molecule has 1 radical (unpaired) electrons. The van der Waals surface area contributed by atoms with E-state index in [-0.39, 0.29) is 32.7 Å². The van der Waals surface area contributed by atoms with Gasteiger partial charge in [0.05, 0.1) is 0 Å². The van der Waals surface area contributed by atoms with Crippen LogP contribution in [-0.4, -0.2) is 10.1 Å². The molecule has 59 valence electrons. The number of pyridine rings is 1. The second kappa shape index (κ2) is 6.09. The normalized spacial score (nSPS) is 10.2. The Morgan fingerprint density at radius 1 is 1.58 bits per heavy atom. The van der Waals surface area contributed by atoms with Crippen LogP contribution in [0.15, 0.2) is 30.5 Å². The Morgan fingerprint density at radius 3 is 2.75 bits per heavy atom. The van der Waals surface area contributed by atoms with Gasteiger partial charge in [-0.1, -0.05) is 6.07 Å². The van der Waals surface area contributed by atoms with Gasteiger partial charge in [-0.25, -0.2) is 0 Å². The van der Waals surface area contributed by atoms with Gasteiger partial charge in [-0.05, 0) is 6.07 Å². The van der Waals surface area contributed by atoms with E-state index < -0.39 is 0 Å². The summed E-state index contributed by atoms with van der Waals surface area (Å²) in [6, 6.07) is 5.33. The van der Waals surface area contributed by atoms with Crippen molar-refractivity contribution < 1.29 is 37.8 Å². The van der Waals surface area contributed by atoms with E-state index in [1.807, 2.05) is 12.3 Å². The van der Waals surface area contributed by atoms with E-state index in [0.29, 0.717) is 11.3 Å². The summed E-state index contributed by atoms with van der Waals surface area (Å²) in [6.07, 6.45) is 4.82. The van der Waals surface area contributed by atoms with Crippen molar-refractivity contribution in [2.45, 2.75) is 0 Å². The first kappa shape index (κ1) is 11.5. The Bertz CT molecular complexity index is 269. The number of aliphatic hydroxyl groups is 1. The number of allylic oxidation sites excluding steroid dienone is 2. The maximum absolute atomic E-state index is 8.54. The molecule has 0 aliphatic heterocycles. The summed E-state index contributed by atoms with van der Waals surface area (Å²) < 4.78 is 0. The van der Waals surface area contributed by atoms with Gasteiger partial charge in [0.2, 0.25) is 0 Å². The average molecular weight is 234 g/mol. The quantitative estimate of drug-likeness (QED) is 0.480. The number of rotatable bonds is 2. The third-order valence-electron chi connectivity index (χ3n) is 1.23. The van der Waals surface area contributed by atoms with E-state index in [1.165, 1.54) is 6.08 Å². The van der Waals surface area contributed by atoms with Gasteiger partial charge in [0.25, 0.3) is 0 Å². The standard InChI is InChI=1S/C9H7NO.Y/c1-2-8(7-11)9-5-3-4-6-10-9;/h1-6,11H;/q-2;. The van der Waals surface area contributed by atoms with E-state index in [2.05, 4.69) is 4.98 Å². The van der Waals surface area contributed by atoms with Crippen molar-refractivity contribution >= 4 is 5.57 Å². The molecule has 0 aliphatic carbocycles. The molecule has 0 saturated heterocycles. The molecule has 0 fully saturated rings. The van der Waals surface area contributed by atoms with Crippen molar-refractivity contribution in [2.24, 2.45) is 0 Å². The Hall–Kier alpha value is -0.466. The molecule has 0 aromatic carbocycles. The van der Waals surface area contributed by atoms with E-state index >= 15 is 0 Å². The number of hydrogen-bond acceptors (Lipinski definition) is 2. The molecule has 0 atom stereocenters. The molecular weight excluding hydrogens is 227 g/mol. The van der Waals surface area contributed by atoms with Gasteiger partial charge in [0, 0.05) is 38.9 Å². The van der Waals surface area contributed by atoms with Crippen LogP contribution in [0.4, 0.5) is 0 Å². The van der Waals surface area contributed by atoms with Crippen molar-refractivity contribution in [3.8, 4) is 0 Å². The number of hydrogen-bond donors (Lipinski definition) is 1. The first-order valence-corrected chi connectivity index (χ1v) is 3.12. The first-order chi connectivity index (χ1) is 5.38. The molecule has 0 saturated carbocycles. The fourth-order valence-corrected chi connectivity index (χ4v) is 0.702. The van der Waals surface area contributed by atoms with Crippen molar-refractivity contribution in [2.75, 3.05) is 0 Å². The zero-order valence-corrected chi connectivity index (χ0v) is 9.27. The predicted octanol–water partition coefficient (Wildman–Crippen LogP) is 1.77. The third-order valence-corrected chi connectivity index (χ3v) is 1.23. The maximum Gasteiger partial charge on any atom is 0.0106 e. The van der Waals surface area contributed by atoms with Gasteiger partial charge in [0.1, 0.15) is 0 Å². The van der Waals surface area contributed by atoms with Crippen molar-refractivity contribution in [3.05, 3.63) is 49.0 Å². The SMILES string of the molecule is [CH-]=CC(=[C-]O)c1ccccn1.[Y]. The Kier molecular flexibility index (Phi) is 5.86. The molecule has 0 bridgehead atoms. The first-order valence-electron chi connectivity index (χ1n) is 3.12. The van der Waals surface area contributed by atoms with Crippen LogP contribution in [0.2, 0.25) is 0 Å². The zero-order chi connectivity index (χ0) is 8.10. The summed E-state index contributed by atoms with van der Waals surface area (Å²) in [5.74, 6) is 0. The minimum atomic E-state index is 0. The molecular formula is C9H7NOY-2. The fourth-order valence-electron chi connectivity index (χ4n) is 0.702. The number of nitrogens with zero attached hydrogens (tertiary/aromatic N) is 1. The summed E-state index contributed by atoms with van der Waals surface area (Å²) in [5, 5.41) is 8.54. The predicted molar refractivity (Wildman–Crippen MR) is 42.4 cm³/mol. The second-order valence-corrected chi connectivity index (χ2v) is 1.91. The van der Waals surface area contributed by atoms with Crippen LogP contribution in [0.5, 0.6) is 0 Å². The molecule has 1 rings (SSSR count). The van der Waals surface area contributed by atoms with Crippen LogP contribution >= 0.6 is 0 Å². The van der Waals surface area contributed by atoms with Crippen molar-refractivity contribution in [1.29, 1.82) is 0 Å². The van der Waals surface area contributed by atoms with E-state index in [4.69, 9.17) is 11.7 Å². The Labute approximate surface area is 96.9 Å². The van der Waals surface area contributed by atoms with Crippen molar-refractivity contribution in [3.63, 3.8) is 0 Å². The summed E-state index contributed by atoms with van der Waals surface area (Å²) in [4.78, 5) is 3.95. The fraction of sp³-hybridized carbons (Fsp3) is 0. The van der Waals surface area contributed by atoms with Gasteiger partial charge >= 0.3 is 0 Å². The number of aromatic nitrogens is 1. The van der Waals surface area contributed by atoms with Crippen LogP contribution in [0.25, 0.3) is 5.57 Å². The minimum absolute atomic E-state index is 0. The maximum atomic E-state index is 8.54. The number of aliphatic hydroxyl groups excluding tert-OH is 1. The molecule has 0 unspecified atom stereocenters. The van der Waals surface area contributed by atoms with Crippen LogP contribution in [0.1, 0.15) is 5.69 Å². The van der Waals surface area contributed by atoms with E-state index in [9.17, 15) is 0 Å². The van der Waals surface area contributed by atoms with Gasteiger partial charge in [-0.2, -0.15) is 0 Å². The van der Waals surface area contributed by atoms with E-state index in [1.54, 1.807) is 18.3 Å². The molecule has 3 heteroatoms. The van der Waals surface area contributed by atoms with Gasteiger partial charge in [-0.15, -0.1) is 18.0 Å². The van der Waals surface area contributed by atoms with Gasteiger partial charge in [0.15, 0.2) is 0 Å². The summed E-state index contributed by atoms with van der Waals surface area (Å²) in [7, 11) is 0. The average Bonchev–Trinajstić information content (AvgIpc) is 2.09. The zero-order valence-electron chi connectivity index (χ0n) is 6.44. The van der Waals surface area contributed by atoms with Crippen LogP contribution in [0, 0.1) is 12.8 Å². The Morgan fingerprint density at radius 2 is 2.33 bits per heavy atom. The molecule has 0 spiro atoms. The van der Waals surface area contributed by atoms with E-state index in [0.717, 1.165) is 0 Å². The smallest absolute Gasteiger partial charge is 0.0106 e. The van der Waals surface area contributed by atoms with Gasteiger partial charge in [-0.3, -0.25) is 5.57 Å². The minimum Gasteiger partial charge on any atom is -0.594 e. The largest absolute Gasteiger partial charge is 0.594 e. The molecule has 12 heavy (non-hydrogen) atoms. The summed E-state index contributed by atoms with van der Waals surface area (Å²) in [6.45, 7) is 5.19. The topological polar surface area (TPSA) is 33.1 Å². The second-order valence-electron chi connectivity index (χ2n) is 1.91. The molecule has 0 amide bonds. The molecule has 1 N–H and O–H groups in total. The third kappa shape index (κ3) is 2.88. The molecule has 1 heterocycles. The van der Waals surface area contributed by atoms with Crippen LogP contribution in [0.3, 0.4) is 0 Å². The molecule has 2 nitrogen and oxygen atoms in total. The van der Waals surface area contributed by atoms with Gasteiger partial charge < -0.3 is 22.7 Å². The molecule has 0 aliphatic rings. The molecule has 1 aromatic rings. The summed E-state index contributed by atoms with van der Waals surface area (Å²) >= 11 is 0. The summed E-state index contributed by atoms with van der Waals surface area (Å²) in [5.41, 5.74) is 1.00. The van der Waals surface area contributed by atoms with Crippen LogP contribution < -0.4 is 0 Å². The molecule has 1 aromatic heterocycles.